The Balaban J connectivity index is 1.39. The van der Waals surface area contributed by atoms with E-state index in [9.17, 15) is 9.90 Å². The molecule has 3 N–H and O–H groups in total. The number of hydrogen-bond donors (Lipinski definition) is 3. The summed E-state index contributed by atoms with van der Waals surface area (Å²) in [4.78, 5) is 21.4. The van der Waals surface area contributed by atoms with Crippen LogP contribution in [-0.4, -0.2) is 43.4 Å². The molecule has 0 unspecified atom stereocenters. The van der Waals surface area contributed by atoms with E-state index in [4.69, 9.17) is 4.74 Å². The number of aromatic nitrogens is 4. The van der Waals surface area contributed by atoms with E-state index in [-0.39, 0.29) is 5.82 Å². The van der Waals surface area contributed by atoms with Gasteiger partial charge in [0.1, 0.15) is 17.4 Å². The third-order valence-electron chi connectivity index (χ3n) is 5.92. The molecule has 0 atom stereocenters. The normalized spacial score (nSPS) is 11.4. The molecule has 37 heavy (non-hydrogen) atoms. The van der Waals surface area contributed by atoms with Crippen molar-refractivity contribution in [1.29, 1.82) is 0 Å². The number of carbonyl (C=O) groups excluding carboxylic acids is 1. The second kappa shape index (κ2) is 11.8. The van der Waals surface area contributed by atoms with E-state index < -0.39 is 11.5 Å². The first kappa shape index (κ1) is 26.0. The highest BCUT2D eigenvalue weighted by Gasteiger charge is 2.15. The molecule has 0 aliphatic heterocycles. The first-order chi connectivity index (χ1) is 17.8. The number of hydrogen-bond acceptors (Lipinski definition) is 6. The van der Waals surface area contributed by atoms with Crippen molar-refractivity contribution in [2.45, 2.75) is 52.1 Å². The summed E-state index contributed by atoms with van der Waals surface area (Å²) in [5.41, 5.74) is 3.42. The molecule has 0 spiro atoms. The highest BCUT2D eigenvalue weighted by atomic mass is 16.5. The van der Waals surface area contributed by atoms with E-state index >= 15 is 0 Å². The highest BCUT2D eigenvalue weighted by molar-refractivity contribution is 6.01. The summed E-state index contributed by atoms with van der Waals surface area (Å²) in [6.07, 6.45) is 4.73. The minimum absolute atomic E-state index is 0.0642. The van der Waals surface area contributed by atoms with E-state index in [2.05, 4.69) is 25.5 Å². The Labute approximate surface area is 217 Å². The first-order valence-corrected chi connectivity index (χ1v) is 12.5. The van der Waals surface area contributed by atoms with Crippen molar-refractivity contribution in [3.8, 4) is 16.9 Å². The lowest BCUT2D eigenvalue weighted by atomic mass is 10.0. The fourth-order valence-corrected chi connectivity index (χ4v) is 3.96. The summed E-state index contributed by atoms with van der Waals surface area (Å²) in [5.74, 6) is 1.44. The van der Waals surface area contributed by atoms with Gasteiger partial charge in [-0.05, 0) is 86.6 Å². The number of ether oxygens (including phenoxy) is 1. The van der Waals surface area contributed by atoms with Gasteiger partial charge in [-0.15, -0.1) is 5.10 Å². The predicted molar refractivity (Wildman–Crippen MR) is 144 cm³/mol. The molecular formula is C29H33N5O3. The average Bonchev–Trinajstić information content (AvgIpc) is 3.33. The number of carbonyl (C=O) groups is 1. The summed E-state index contributed by atoms with van der Waals surface area (Å²) in [6, 6.07) is 19.6. The van der Waals surface area contributed by atoms with Gasteiger partial charge in [0.2, 0.25) is 5.82 Å². The van der Waals surface area contributed by atoms with Crippen LogP contribution in [-0.2, 0) is 6.42 Å². The van der Waals surface area contributed by atoms with Crippen LogP contribution in [0.25, 0.3) is 11.1 Å². The molecule has 2 aromatic carbocycles. The molecule has 1 amide bonds. The summed E-state index contributed by atoms with van der Waals surface area (Å²) >= 11 is 0. The number of amides is 1. The van der Waals surface area contributed by atoms with Gasteiger partial charge in [0.15, 0.2) is 0 Å². The summed E-state index contributed by atoms with van der Waals surface area (Å²) < 4.78 is 5.95. The van der Waals surface area contributed by atoms with Crippen LogP contribution < -0.4 is 10.1 Å². The van der Waals surface area contributed by atoms with Crippen LogP contribution in [0.2, 0.25) is 0 Å². The largest absolute Gasteiger partial charge is 0.494 e. The van der Waals surface area contributed by atoms with Crippen molar-refractivity contribution in [3.05, 3.63) is 89.6 Å². The van der Waals surface area contributed by atoms with Crippen molar-refractivity contribution in [2.24, 2.45) is 0 Å². The number of H-pyrrole nitrogens is 1. The Bertz CT molecular complexity index is 1330. The van der Waals surface area contributed by atoms with Crippen LogP contribution in [0.1, 0.15) is 60.7 Å². The van der Waals surface area contributed by atoms with Crippen molar-refractivity contribution >= 4 is 11.7 Å². The van der Waals surface area contributed by atoms with E-state index in [0.717, 1.165) is 47.3 Å². The number of nitrogens with zero attached hydrogens (tertiary/aromatic N) is 3. The lowest BCUT2D eigenvalue weighted by Crippen LogP contribution is -2.18. The number of rotatable bonds is 11. The Morgan fingerprint density at radius 2 is 1.89 bits per heavy atom. The van der Waals surface area contributed by atoms with Crippen LogP contribution in [0.5, 0.6) is 5.75 Å². The molecule has 0 saturated carbocycles. The zero-order chi connectivity index (χ0) is 26.3. The predicted octanol–water partition coefficient (Wildman–Crippen LogP) is 5.34. The van der Waals surface area contributed by atoms with Gasteiger partial charge in [-0.25, -0.2) is 9.97 Å². The molecule has 2 heterocycles. The van der Waals surface area contributed by atoms with Crippen LogP contribution in [0.15, 0.2) is 66.9 Å². The summed E-state index contributed by atoms with van der Waals surface area (Å²) in [7, 11) is 0. The van der Waals surface area contributed by atoms with Gasteiger partial charge in [-0.2, -0.15) is 0 Å². The van der Waals surface area contributed by atoms with Crippen molar-refractivity contribution in [3.63, 3.8) is 0 Å². The van der Waals surface area contributed by atoms with Crippen LogP contribution in [0.4, 0.5) is 5.82 Å². The Morgan fingerprint density at radius 1 is 1.08 bits per heavy atom. The Hall–Kier alpha value is -4.04. The summed E-state index contributed by atoms with van der Waals surface area (Å²) in [5, 5.41) is 19.5. The van der Waals surface area contributed by atoms with Gasteiger partial charge in [0.05, 0.1) is 12.2 Å². The molecule has 4 rings (SSSR count). The Kier molecular flexibility index (Phi) is 8.30. The fourth-order valence-electron chi connectivity index (χ4n) is 3.96. The molecule has 0 saturated heterocycles. The minimum Gasteiger partial charge on any atom is -0.494 e. The molecule has 4 aromatic rings. The molecule has 0 aliphatic carbocycles. The van der Waals surface area contributed by atoms with Crippen molar-refractivity contribution in [1.82, 2.24) is 20.2 Å². The maximum atomic E-state index is 12.8. The number of aliphatic hydroxyl groups is 1. The van der Waals surface area contributed by atoms with Crippen LogP contribution >= 0.6 is 0 Å². The SMILES string of the molecule is Cc1ccc(OCCCCC(C)(C)O)cc1-c1ccnc(NC(=O)c2n[nH]c(Cc3ccccc3)n2)c1. The first-order valence-electron chi connectivity index (χ1n) is 12.5. The summed E-state index contributed by atoms with van der Waals surface area (Å²) in [6.45, 7) is 6.25. The van der Waals surface area contributed by atoms with Crippen molar-refractivity contribution < 1.29 is 14.6 Å². The standard InChI is InChI=1S/C29H33N5O3/c1-20-11-12-23(37-16-8-7-14-29(2,3)36)19-24(20)22-13-15-30-25(18-22)32-28(35)27-31-26(33-34-27)17-21-9-5-4-6-10-21/h4-6,9-13,15,18-19,36H,7-8,14,16-17H2,1-3H3,(H,30,32,35)(H,31,33,34). The van der Waals surface area contributed by atoms with E-state index in [1.165, 1.54) is 0 Å². The van der Waals surface area contributed by atoms with Gasteiger partial charge in [0.25, 0.3) is 5.91 Å². The minimum atomic E-state index is -0.650. The molecule has 2 aromatic heterocycles. The monoisotopic (exact) mass is 499 g/mol. The van der Waals surface area contributed by atoms with E-state index in [0.29, 0.717) is 24.7 Å². The van der Waals surface area contributed by atoms with Crippen molar-refractivity contribution in [2.75, 3.05) is 11.9 Å². The maximum Gasteiger partial charge on any atom is 0.296 e. The molecule has 8 nitrogen and oxygen atoms in total. The zero-order valence-electron chi connectivity index (χ0n) is 21.5. The third kappa shape index (κ3) is 7.72. The number of nitrogens with one attached hydrogen (secondary N) is 2. The number of aromatic amines is 1. The van der Waals surface area contributed by atoms with Crippen LogP contribution in [0.3, 0.4) is 0 Å². The quantitative estimate of drug-likeness (QED) is 0.240. The topological polar surface area (TPSA) is 113 Å². The van der Waals surface area contributed by atoms with Gasteiger partial charge in [-0.1, -0.05) is 36.4 Å². The lowest BCUT2D eigenvalue weighted by molar-refractivity contribution is 0.0670. The van der Waals surface area contributed by atoms with Gasteiger partial charge in [0, 0.05) is 12.6 Å². The van der Waals surface area contributed by atoms with Gasteiger partial charge in [-0.3, -0.25) is 9.89 Å². The molecule has 0 bridgehead atoms. The molecule has 0 fully saturated rings. The number of pyridine rings is 1. The Morgan fingerprint density at radius 3 is 2.68 bits per heavy atom. The molecular weight excluding hydrogens is 466 g/mol. The lowest BCUT2D eigenvalue weighted by Gasteiger charge is -2.16. The van der Waals surface area contributed by atoms with Gasteiger partial charge >= 0.3 is 0 Å². The van der Waals surface area contributed by atoms with E-state index in [1.807, 2.05) is 81.4 Å². The fraction of sp³-hybridized carbons (Fsp3) is 0.310. The second-order valence-electron chi connectivity index (χ2n) is 9.75. The maximum absolute atomic E-state index is 12.8. The smallest absolute Gasteiger partial charge is 0.296 e. The highest BCUT2D eigenvalue weighted by Crippen LogP contribution is 2.29. The number of anilines is 1. The van der Waals surface area contributed by atoms with E-state index in [1.54, 1.807) is 6.20 Å². The second-order valence-corrected chi connectivity index (χ2v) is 9.75. The molecule has 192 valence electrons. The molecule has 8 heteroatoms. The zero-order valence-corrected chi connectivity index (χ0v) is 21.5. The molecule has 0 radical (unpaired) electrons. The molecule has 0 aliphatic rings. The number of unbranched alkanes of at least 4 members (excludes halogenated alkanes) is 1. The third-order valence-corrected chi connectivity index (χ3v) is 5.92. The average molecular weight is 500 g/mol. The number of benzene rings is 2. The van der Waals surface area contributed by atoms with Gasteiger partial charge < -0.3 is 15.2 Å². The van der Waals surface area contributed by atoms with Crippen LogP contribution in [0, 0.1) is 6.92 Å². The number of aryl methyl sites for hydroxylation is 1.